The molecular weight excluding hydrogens is 208 g/mol. The average molecular weight is 234 g/mol. The molecule has 0 amide bonds. The van der Waals surface area contributed by atoms with Crippen LogP contribution in [0.4, 0.5) is 0 Å². The van der Waals surface area contributed by atoms with Crippen LogP contribution in [-0.4, -0.2) is 42.4 Å². The van der Waals surface area contributed by atoms with E-state index in [9.17, 15) is 0 Å². The van der Waals surface area contributed by atoms with Gasteiger partial charge in [-0.05, 0) is 46.2 Å². The van der Waals surface area contributed by atoms with Gasteiger partial charge in [-0.1, -0.05) is 0 Å². The predicted molar refractivity (Wildman–Crippen MR) is 66.4 cm³/mol. The maximum absolute atomic E-state index is 5.66. The summed E-state index contributed by atoms with van der Waals surface area (Å²) in [5, 5.41) is 3.27. The summed E-state index contributed by atoms with van der Waals surface area (Å²) in [6.45, 7) is 9.91. The lowest BCUT2D eigenvalue weighted by Gasteiger charge is -2.10. The minimum Gasteiger partial charge on any atom is -0.399 e. The standard InChI is InChI=1S/C6H14N2.C4H12O2Si/c1-5(7)6-2-3-8-4-6;1-3-5-7-6-4-2/h5-6,8H,2-4,7H2,1H3;3-4,7H2,1-2H3. The summed E-state index contributed by atoms with van der Waals surface area (Å²) < 4.78 is 9.98. The molecule has 0 aliphatic carbocycles. The van der Waals surface area contributed by atoms with E-state index in [4.69, 9.17) is 14.6 Å². The Morgan fingerprint density at radius 2 is 2.00 bits per heavy atom. The maximum atomic E-state index is 5.66. The summed E-state index contributed by atoms with van der Waals surface area (Å²) in [6.07, 6.45) is 1.26. The van der Waals surface area contributed by atoms with Gasteiger partial charge in [-0.2, -0.15) is 0 Å². The largest absolute Gasteiger partial charge is 0.399 e. The van der Waals surface area contributed by atoms with Gasteiger partial charge in [0.05, 0.1) is 0 Å². The molecule has 0 radical (unpaired) electrons. The number of hydrogen-bond donors (Lipinski definition) is 2. The third kappa shape index (κ3) is 9.01. The molecule has 1 aliphatic rings. The molecule has 1 rings (SSSR count). The van der Waals surface area contributed by atoms with Gasteiger partial charge in [0.2, 0.25) is 0 Å². The van der Waals surface area contributed by atoms with E-state index in [2.05, 4.69) is 12.2 Å². The van der Waals surface area contributed by atoms with Crippen LogP contribution in [0.5, 0.6) is 0 Å². The Hall–Kier alpha value is 0.0569. The average Bonchev–Trinajstić information content (AvgIpc) is 2.72. The van der Waals surface area contributed by atoms with E-state index in [0.29, 0.717) is 6.04 Å². The zero-order valence-electron chi connectivity index (χ0n) is 10.3. The Balaban J connectivity index is 0.000000265. The third-order valence-electron chi connectivity index (χ3n) is 2.42. The fourth-order valence-electron chi connectivity index (χ4n) is 1.35. The number of nitrogens with two attached hydrogens (primary N) is 1. The number of rotatable bonds is 5. The van der Waals surface area contributed by atoms with Crippen LogP contribution >= 0.6 is 0 Å². The first-order valence-corrected chi connectivity index (χ1v) is 6.99. The second kappa shape index (κ2) is 10.6. The van der Waals surface area contributed by atoms with E-state index >= 15 is 0 Å². The fourth-order valence-corrected chi connectivity index (χ4v) is 1.80. The SMILES string of the molecule is CC(N)C1CCNC1.CCO[SiH2]OCC. The first-order chi connectivity index (χ1) is 7.22. The van der Waals surface area contributed by atoms with Gasteiger partial charge in [-0.25, -0.2) is 0 Å². The highest BCUT2D eigenvalue weighted by Gasteiger charge is 2.17. The molecule has 0 aromatic rings. The van der Waals surface area contributed by atoms with Gasteiger partial charge in [0.15, 0.2) is 0 Å². The van der Waals surface area contributed by atoms with Crippen LogP contribution in [-0.2, 0) is 8.85 Å². The highest BCUT2D eigenvalue weighted by atomic mass is 28.3. The maximum Gasteiger partial charge on any atom is 0.304 e. The molecule has 0 bridgehead atoms. The first-order valence-electron chi connectivity index (χ1n) is 5.84. The molecule has 4 nitrogen and oxygen atoms in total. The minimum atomic E-state index is -0.589. The molecule has 2 atom stereocenters. The molecule has 0 spiro atoms. The van der Waals surface area contributed by atoms with E-state index in [1.807, 2.05) is 13.8 Å². The van der Waals surface area contributed by atoms with Crippen LogP contribution in [0.1, 0.15) is 27.2 Å². The van der Waals surface area contributed by atoms with Crippen LogP contribution in [0.3, 0.4) is 0 Å². The molecule has 1 heterocycles. The fraction of sp³-hybridized carbons (Fsp3) is 1.00. The highest BCUT2D eigenvalue weighted by molar-refractivity contribution is 6.17. The van der Waals surface area contributed by atoms with Crippen molar-refractivity contribution in [2.75, 3.05) is 26.3 Å². The molecule has 0 saturated carbocycles. The van der Waals surface area contributed by atoms with Crippen LogP contribution in [0, 0.1) is 5.92 Å². The van der Waals surface area contributed by atoms with Gasteiger partial charge in [0.25, 0.3) is 0 Å². The van der Waals surface area contributed by atoms with Crippen molar-refractivity contribution in [1.82, 2.24) is 5.32 Å². The van der Waals surface area contributed by atoms with E-state index in [1.165, 1.54) is 6.42 Å². The van der Waals surface area contributed by atoms with E-state index in [0.717, 1.165) is 32.2 Å². The first kappa shape index (κ1) is 15.1. The molecule has 2 unspecified atom stereocenters. The van der Waals surface area contributed by atoms with Crippen molar-refractivity contribution in [2.24, 2.45) is 11.7 Å². The van der Waals surface area contributed by atoms with Crippen molar-refractivity contribution in [3.8, 4) is 0 Å². The van der Waals surface area contributed by atoms with E-state index < -0.39 is 10.0 Å². The van der Waals surface area contributed by atoms with Crippen LogP contribution in [0.25, 0.3) is 0 Å². The third-order valence-corrected chi connectivity index (χ3v) is 3.57. The summed E-state index contributed by atoms with van der Waals surface area (Å²) in [5.74, 6) is 0.731. The zero-order valence-corrected chi connectivity index (χ0v) is 11.7. The monoisotopic (exact) mass is 234 g/mol. The molecule has 15 heavy (non-hydrogen) atoms. The van der Waals surface area contributed by atoms with Crippen LogP contribution in [0.15, 0.2) is 0 Å². The Bertz CT molecular complexity index is 127. The van der Waals surface area contributed by atoms with Gasteiger partial charge < -0.3 is 19.9 Å². The molecule has 1 fully saturated rings. The smallest absolute Gasteiger partial charge is 0.304 e. The van der Waals surface area contributed by atoms with Gasteiger partial charge in [0.1, 0.15) is 0 Å². The normalized spacial score (nSPS) is 22.0. The van der Waals surface area contributed by atoms with Crippen LogP contribution in [0.2, 0.25) is 0 Å². The lowest BCUT2D eigenvalue weighted by atomic mass is 10.0. The number of nitrogens with one attached hydrogen (secondary N) is 1. The molecular formula is C10H26N2O2Si. The molecule has 92 valence electrons. The molecule has 1 aliphatic heterocycles. The Kier molecular flexibility index (Phi) is 10.6. The Labute approximate surface area is 96.0 Å². The van der Waals surface area contributed by atoms with Crippen molar-refractivity contribution >= 4 is 10.0 Å². The van der Waals surface area contributed by atoms with Crippen molar-refractivity contribution in [3.05, 3.63) is 0 Å². The lowest BCUT2D eigenvalue weighted by Crippen LogP contribution is -2.27. The topological polar surface area (TPSA) is 56.5 Å². The van der Waals surface area contributed by atoms with Gasteiger partial charge in [0, 0.05) is 19.3 Å². The zero-order chi connectivity index (χ0) is 11.5. The van der Waals surface area contributed by atoms with Crippen LogP contribution < -0.4 is 11.1 Å². The van der Waals surface area contributed by atoms with E-state index in [-0.39, 0.29) is 0 Å². The van der Waals surface area contributed by atoms with Crippen molar-refractivity contribution < 1.29 is 8.85 Å². The Morgan fingerprint density at radius 3 is 2.27 bits per heavy atom. The van der Waals surface area contributed by atoms with Gasteiger partial charge in [-0.15, -0.1) is 0 Å². The second-order valence-electron chi connectivity index (χ2n) is 3.72. The summed E-state index contributed by atoms with van der Waals surface area (Å²) in [5.41, 5.74) is 5.66. The molecule has 3 N–H and O–H groups in total. The molecule has 1 saturated heterocycles. The Morgan fingerprint density at radius 1 is 1.40 bits per heavy atom. The van der Waals surface area contributed by atoms with Crippen molar-refractivity contribution in [1.29, 1.82) is 0 Å². The van der Waals surface area contributed by atoms with Crippen molar-refractivity contribution in [2.45, 2.75) is 33.2 Å². The predicted octanol–water partition coefficient (Wildman–Crippen LogP) is 0.00130. The molecule has 0 aromatic carbocycles. The highest BCUT2D eigenvalue weighted by Crippen LogP contribution is 2.09. The minimum absolute atomic E-state index is 0.380. The number of hydrogen-bond acceptors (Lipinski definition) is 4. The summed E-state index contributed by atoms with van der Waals surface area (Å²) in [7, 11) is -0.589. The molecule has 5 heteroatoms. The van der Waals surface area contributed by atoms with E-state index in [1.54, 1.807) is 0 Å². The second-order valence-corrected chi connectivity index (χ2v) is 4.77. The lowest BCUT2D eigenvalue weighted by molar-refractivity contribution is 0.240. The quantitative estimate of drug-likeness (QED) is 0.519. The summed E-state index contributed by atoms with van der Waals surface area (Å²) >= 11 is 0. The molecule has 0 aromatic heterocycles. The van der Waals surface area contributed by atoms with Gasteiger partial charge >= 0.3 is 10.0 Å². The van der Waals surface area contributed by atoms with Gasteiger partial charge in [-0.3, -0.25) is 0 Å². The summed E-state index contributed by atoms with van der Waals surface area (Å²) in [6, 6.07) is 0.380. The summed E-state index contributed by atoms with van der Waals surface area (Å²) in [4.78, 5) is 0. The van der Waals surface area contributed by atoms with Crippen molar-refractivity contribution in [3.63, 3.8) is 0 Å².